The molecule has 0 aliphatic rings. The third-order valence-corrected chi connectivity index (χ3v) is 4.35. The molecule has 3 nitrogen and oxygen atoms in total. The predicted molar refractivity (Wildman–Crippen MR) is 74.4 cm³/mol. The Morgan fingerprint density at radius 3 is 2.44 bits per heavy atom. The van der Waals surface area contributed by atoms with E-state index in [9.17, 15) is 14.4 Å². The molecule has 2 N–H and O–H groups in total. The molecule has 0 fully saturated rings. The Labute approximate surface area is 111 Å². The summed E-state index contributed by atoms with van der Waals surface area (Å²) in [4.78, 5) is 0.337. The molecule has 0 aliphatic heterocycles. The van der Waals surface area contributed by atoms with Crippen molar-refractivity contribution in [2.75, 3.05) is 5.75 Å². The van der Waals surface area contributed by atoms with Gasteiger partial charge in [-0.15, -0.1) is 0 Å². The number of benzene rings is 1. The first-order chi connectivity index (χ1) is 8.65. The van der Waals surface area contributed by atoms with Crippen LogP contribution >= 0.6 is 0 Å². The Hall–Kier alpha value is -1.03. The fraction of sp³-hybridized carbons (Fsp3) is 0.571. The molecule has 0 heterocycles. The van der Waals surface area contributed by atoms with Gasteiger partial charge in [-0.05, 0) is 24.6 Å². The fourth-order valence-corrected chi connectivity index (χ4v) is 3.05. The van der Waals surface area contributed by atoms with E-state index in [0.29, 0.717) is 10.6 Å². The third kappa shape index (κ3) is 5.08. The predicted octanol–water partition coefficient (Wildman–Crippen LogP) is 3.57. The lowest BCUT2D eigenvalue weighted by atomic mass is 10.1. The van der Waals surface area contributed by atoms with Crippen molar-refractivity contribution in [2.45, 2.75) is 50.3 Å². The summed E-state index contributed by atoms with van der Waals surface area (Å²) < 4.78 is 11.9. The van der Waals surface area contributed by atoms with Crippen LogP contribution in [0, 0.1) is 0 Å². The highest BCUT2D eigenvalue weighted by molar-refractivity contribution is 7.85. The van der Waals surface area contributed by atoms with Crippen molar-refractivity contribution in [1.29, 1.82) is 0 Å². The van der Waals surface area contributed by atoms with Gasteiger partial charge in [-0.1, -0.05) is 39.0 Å². The average Bonchev–Trinajstić information content (AvgIpc) is 2.36. The van der Waals surface area contributed by atoms with Crippen LogP contribution in [0.1, 0.15) is 45.4 Å². The maximum Gasteiger partial charge on any atom is 0.131 e. The summed E-state index contributed by atoms with van der Waals surface area (Å²) in [5, 5.41) is 18.9. The van der Waals surface area contributed by atoms with Crippen molar-refractivity contribution < 1.29 is 14.4 Å². The minimum atomic E-state index is -1.22. The number of phenols is 2. The molecule has 1 aromatic rings. The highest BCUT2D eigenvalue weighted by atomic mass is 32.2. The van der Waals surface area contributed by atoms with Gasteiger partial charge in [0.25, 0.3) is 0 Å². The number of hydrogen-bond acceptors (Lipinski definition) is 3. The van der Waals surface area contributed by atoms with Crippen molar-refractivity contribution in [2.24, 2.45) is 0 Å². The van der Waals surface area contributed by atoms with Gasteiger partial charge in [0.1, 0.15) is 11.5 Å². The molecule has 0 spiro atoms. The Morgan fingerprint density at radius 2 is 1.72 bits per heavy atom. The minimum Gasteiger partial charge on any atom is -0.508 e. The van der Waals surface area contributed by atoms with Crippen molar-refractivity contribution >= 4 is 10.8 Å². The Kier molecular flexibility index (Phi) is 6.80. The molecule has 1 rings (SSSR count). The summed E-state index contributed by atoms with van der Waals surface area (Å²) in [6, 6.07) is 4.15. The van der Waals surface area contributed by atoms with Gasteiger partial charge < -0.3 is 10.2 Å². The lowest BCUT2D eigenvalue weighted by molar-refractivity contribution is 0.447. The molecule has 1 aromatic carbocycles. The highest BCUT2D eigenvalue weighted by Gasteiger charge is 2.10. The first-order valence-corrected chi connectivity index (χ1v) is 7.87. The number of phenolic OH excluding ortho intramolecular Hbond substituents is 2. The van der Waals surface area contributed by atoms with Crippen LogP contribution in [0.5, 0.6) is 11.5 Å². The van der Waals surface area contributed by atoms with Gasteiger partial charge in [-0.2, -0.15) is 0 Å². The third-order valence-electron chi connectivity index (χ3n) is 2.87. The summed E-state index contributed by atoms with van der Waals surface area (Å²) in [7, 11) is -1.22. The first-order valence-electron chi connectivity index (χ1n) is 6.55. The number of unbranched alkanes of at least 4 members (excludes halogenated alkanes) is 5. The van der Waals surface area contributed by atoms with E-state index in [0.717, 1.165) is 12.8 Å². The topological polar surface area (TPSA) is 57.5 Å². The van der Waals surface area contributed by atoms with Crippen LogP contribution in [-0.4, -0.2) is 20.2 Å². The van der Waals surface area contributed by atoms with Gasteiger partial charge in [-0.3, -0.25) is 4.21 Å². The van der Waals surface area contributed by atoms with Gasteiger partial charge in [-0.25, -0.2) is 0 Å². The van der Waals surface area contributed by atoms with Gasteiger partial charge in [0.2, 0.25) is 0 Å². The molecule has 102 valence electrons. The largest absolute Gasteiger partial charge is 0.508 e. The summed E-state index contributed by atoms with van der Waals surface area (Å²) >= 11 is 0. The lowest BCUT2D eigenvalue weighted by Gasteiger charge is -2.05. The van der Waals surface area contributed by atoms with Crippen molar-refractivity contribution in [3.8, 4) is 11.5 Å². The zero-order chi connectivity index (χ0) is 13.4. The van der Waals surface area contributed by atoms with Crippen LogP contribution in [0.3, 0.4) is 0 Å². The van der Waals surface area contributed by atoms with Crippen LogP contribution in [-0.2, 0) is 10.8 Å². The Bertz CT molecular complexity index is 391. The zero-order valence-corrected chi connectivity index (χ0v) is 11.7. The Balaban J connectivity index is 2.34. The summed E-state index contributed by atoms with van der Waals surface area (Å²) in [6.07, 6.45) is 6.87. The lowest BCUT2D eigenvalue weighted by Crippen LogP contribution is -1.98. The fourth-order valence-electron chi connectivity index (χ4n) is 1.81. The van der Waals surface area contributed by atoms with E-state index in [1.54, 1.807) is 0 Å². The molecule has 0 saturated carbocycles. The van der Waals surface area contributed by atoms with Crippen LogP contribution in [0.25, 0.3) is 0 Å². The molecule has 18 heavy (non-hydrogen) atoms. The quantitative estimate of drug-likeness (QED) is 0.561. The molecular weight excluding hydrogens is 248 g/mol. The number of rotatable bonds is 8. The van der Waals surface area contributed by atoms with E-state index in [-0.39, 0.29) is 11.5 Å². The molecule has 0 bridgehead atoms. The van der Waals surface area contributed by atoms with Gasteiger partial charge in [0.15, 0.2) is 0 Å². The van der Waals surface area contributed by atoms with Crippen molar-refractivity contribution in [1.82, 2.24) is 0 Å². The standard InChI is InChI=1S/C14H22O3S/c1-2-3-4-5-6-7-10-18(17)14-11-12(15)8-9-13(14)16/h8-9,11,15-16H,2-7,10H2,1H3. The van der Waals surface area contributed by atoms with E-state index >= 15 is 0 Å². The highest BCUT2D eigenvalue weighted by Crippen LogP contribution is 2.25. The van der Waals surface area contributed by atoms with Crippen LogP contribution < -0.4 is 0 Å². The summed E-state index contributed by atoms with van der Waals surface area (Å²) in [5.41, 5.74) is 0. The smallest absolute Gasteiger partial charge is 0.131 e. The molecule has 0 amide bonds. The second kappa shape index (κ2) is 8.14. The van der Waals surface area contributed by atoms with E-state index in [1.165, 1.54) is 43.9 Å². The average molecular weight is 270 g/mol. The first kappa shape index (κ1) is 15.0. The molecule has 4 heteroatoms. The molecule has 0 saturated heterocycles. The van der Waals surface area contributed by atoms with Crippen LogP contribution in [0.15, 0.2) is 23.1 Å². The molecule has 0 aromatic heterocycles. The second-order valence-electron chi connectivity index (χ2n) is 4.47. The maximum absolute atomic E-state index is 11.9. The maximum atomic E-state index is 11.9. The van der Waals surface area contributed by atoms with Crippen LogP contribution in [0.2, 0.25) is 0 Å². The van der Waals surface area contributed by atoms with Crippen LogP contribution in [0.4, 0.5) is 0 Å². The molecule has 1 unspecified atom stereocenters. The van der Waals surface area contributed by atoms with E-state index in [1.807, 2.05) is 0 Å². The SMILES string of the molecule is CCCCCCCCS(=O)c1cc(O)ccc1O. The summed E-state index contributed by atoms with van der Waals surface area (Å²) in [5.74, 6) is 0.583. The van der Waals surface area contributed by atoms with E-state index < -0.39 is 10.8 Å². The second-order valence-corrected chi connectivity index (χ2v) is 6.01. The van der Waals surface area contributed by atoms with Crippen molar-refractivity contribution in [3.63, 3.8) is 0 Å². The Morgan fingerprint density at radius 1 is 1.06 bits per heavy atom. The number of aromatic hydroxyl groups is 2. The monoisotopic (exact) mass is 270 g/mol. The molecule has 0 aliphatic carbocycles. The molecular formula is C14H22O3S. The van der Waals surface area contributed by atoms with E-state index in [4.69, 9.17) is 0 Å². The van der Waals surface area contributed by atoms with Crippen molar-refractivity contribution in [3.05, 3.63) is 18.2 Å². The zero-order valence-electron chi connectivity index (χ0n) is 10.9. The van der Waals surface area contributed by atoms with Gasteiger partial charge in [0.05, 0.1) is 15.7 Å². The summed E-state index contributed by atoms with van der Waals surface area (Å²) in [6.45, 7) is 2.18. The molecule has 0 radical (unpaired) electrons. The molecule has 1 atom stereocenters. The van der Waals surface area contributed by atoms with E-state index in [2.05, 4.69) is 6.92 Å². The number of hydrogen-bond donors (Lipinski definition) is 2. The minimum absolute atomic E-state index is 0.00267. The van der Waals surface area contributed by atoms with Gasteiger partial charge >= 0.3 is 0 Å². The van der Waals surface area contributed by atoms with Gasteiger partial charge in [0, 0.05) is 5.75 Å². The normalized spacial score (nSPS) is 12.5.